The first-order valence-corrected chi connectivity index (χ1v) is 18.4. The monoisotopic (exact) mass is 703 g/mol. The molecule has 272 valence electrons. The summed E-state index contributed by atoms with van der Waals surface area (Å²) in [6, 6.07) is 26.5. The van der Waals surface area contributed by atoms with Crippen LogP contribution in [0.5, 0.6) is 0 Å². The van der Waals surface area contributed by atoms with Gasteiger partial charge in [0.25, 0.3) is 5.91 Å². The van der Waals surface area contributed by atoms with Gasteiger partial charge < -0.3 is 20.9 Å². The summed E-state index contributed by atoms with van der Waals surface area (Å²) in [7, 11) is 0. The van der Waals surface area contributed by atoms with E-state index in [2.05, 4.69) is 50.2 Å². The predicted molar refractivity (Wildman–Crippen MR) is 199 cm³/mol. The number of carbonyl (C=O) groups excluding carboxylic acids is 4. The van der Waals surface area contributed by atoms with Gasteiger partial charge in [-0.3, -0.25) is 28.8 Å². The molecule has 2 aliphatic rings. The lowest BCUT2D eigenvalue weighted by Gasteiger charge is -2.36. The summed E-state index contributed by atoms with van der Waals surface area (Å²) in [5.74, 6) is -0.878. The fourth-order valence-corrected chi connectivity index (χ4v) is 7.23. The van der Waals surface area contributed by atoms with Crippen molar-refractivity contribution < 1.29 is 19.2 Å². The molecule has 0 radical (unpaired) electrons. The van der Waals surface area contributed by atoms with Gasteiger partial charge in [-0.15, -0.1) is 0 Å². The van der Waals surface area contributed by atoms with Crippen LogP contribution in [0.25, 0.3) is 0 Å². The van der Waals surface area contributed by atoms with Crippen LogP contribution in [0.2, 0.25) is 0 Å². The summed E-state index contributed by atoms with van der Waals surface area (Å²) in [4.78, 5) is 57.5. The Hall–Kier alpha value is -5.29. The molecule has 52 heavy (non-hydrogen) atoms. The Bertz CT molecular complexity index is 1810. The number of benzene rings is 3. The van der Waals surface area contributed by atoms with Crippen molar-refractivity contribution in [2.75, 3.05) is 26.2 Å². The van der Waals surface area contributed by atoms with Crippen LogP contribution in [0.15, 0.2) is 91.1 Å². The zero-order valence-electron chi connectivity index (χ0n) is 30.1. The van der Waals surface area contributed by atoms with Crippen LogP contribution in [0.1, 0.15) is 58.6 Å². The molecule has 4 aromatic rings. The van der Waals surface area contributed by atoms with Crippen molar-refractivity contribution in [3.63, 3.8) is 0 Å². The second-order valence-corrected chi connectivity index (χ2v) is 13.7. The number of nitrogens with zero attached hydrogens (tertiary/aromatic N) is 4. The van der Waals surface area contributed by atoms with Crippen molar-refractivity contribution in [2.24, 2.45) is 5.92 Å². The maximum atomic E-state index is 13.8. The summed E-state index contributed by atoms with van der Waals surface area (Å²) in [6.07, 6.45) is 3.66. The molecule has 0 bridgehead atoms. The molecule has 1 fully saturated rings. The lowest BCUT2D eigenvalue weighted by Crippen LogP contribution is -2.55. The van der Waals surface area contributed by atoms with Gasteiger partial charge in [0.1, 0.15) is 17.8 Å². The molecule has 11 nitrogen and oxygen atoms in total. The Morgan fingerprint density at radius 2 is 1.42 bits per heavy atom. The Labute approximate surface area is 305 Å². The smallest absolute Gasteiger partial charge is 0.270 e. The van der Waals surface area contributed by atoms with Crippen molar-refractivity contribution in [1.82, 2.24) is 35.5 Å². The third-order valence-corrected chi connectivity index (χ3v) is 10.2. The summed E-state index contributed by atoms with van der Waals surface area (Å²) >= 11 is 0. The van der Waals surface area contributed by atoms with Crippen LogP contribution in [0, 0.1) is 5.92 Å². The SMILES string of the molecule is CCC(=O)N[C@H](Cc1ccc(CNC(=O)C(NC(=O)c2ccnn2CC)C2Cc3ccccc3C2)cc1)C(=O)N1CCN(Cc2ccccc2)CC1. The van der Waals surface area contributed by atoms with Gasteiger partial charge in [-0.1, -0.05) is 85.8 Å². The first-order valence-electron chi connectivity index (χ1n) is 18.4. The fourth-order valence-electron chi connectivity index (χ4n) is 7.23. The molecule has 1 unspecified atom stereocenters. The van der Waals surface area contributed by atoms with Crippen LogP contribution >= 0.6 is 0 Å². The van der Waals surface area contributed by atoms with E-state index in [1.54, 1.807) is 23.9 Å². The minimum absolute atomic E-state index is 0.0679. The van der Waals surface area contributed by atoms with E-state index in [9.17, 15) is 19.2 Å². The molecule has 4 amide bonds. The van der Waals surface area contributed by atoms with Crippen molar-refractivity contribution in [3.8, 4) is 0 Å². The summed E-state index contributed by atoms with van der Waals surface area (Å²) in [5, 5.41) is 13.3. The Morgan fingerprint density at radius 3 is 2.08 bits per heavy atom. The number of hydrogen-bond donors (Lipinski definition) is 3. The average Bonchev–Trinajstić information content (AvgIpc) is 3.84. The highest BCUT2D eigenvalue weighted by atomic mass is 16.2. The molecular formula is C41H49N7O4. The third kappa shape index (κ3) is 9.13. The summed E-state index contributed by atoms with van der Waals surface area (Å²) < 4.78 is 1.62. The second kappa shape index (κ2) is 17.3. The molecule has 11 heteroatoms. The number of nitrogens with one attached hydrogen (secondary N) is 3. The van der Waals surface area contributed by atoms with Crippen molar-refractivity contribution in [1.29, 1.82) is 0 Å². The molecule has 1 aliphatic carbocycles. The van der Waals surface area contributed by atoms with Gasteiger partial charge >= 0.3 is 0 Å². The Kier molecular flexibility index (Phi) is 12.1. The number of piperazine rings is 1. The fraction of sp³-hybridized carbons (Fsp3) is 0.390. The molecule has 3 aromatic carbocycles. The number of aromatic nitrogens is 2. The van der Waals surface area contributed by atoms with Gasteiger partial charge in [0.05, 0.1) is 0 Å². The van der Waals surface area contributed by atoms with Crippen LogP contribution in [0.3, 0.4) is 0 Å². The minimum atomic E-state index is -0.728. The molecule has 6 rings (SSSR count). The quantitative estimate of drug-likeness (QED) is 0.185. The number of rotatable bonds is 14. The normalized spacial score (nSPS) is 15.8. The van der Waals surface area contributed by atoms with E-state index in [1.807, 2.05) is 66.4 Å². The van der Waals surface area contributed by atoms with E-state index < -0.39 is 12.1 Å². The second-order valence-electron chi connectivity index (χ2n) is 13.7. The number of amides is 4. The molecule has 0 saturated carbocycles. The first-order chi connectivity index (χ1) is 25.3. The maximum Gasteiger partial charge on any atom is 0.270 e. The van der Waals surface area contributed by atoms with E-state index in [-0.39, 0.29) is 36.1 Å². The highest BCUT2D eigenvalue weighted by molar-refractivity contribution is 5.96. The van der Waals surface area contributed by atoms with E-state index in [0.29, 0.717) is 51.0 Å². The molecule has 1 aliphatic heterocycles. The predicted octanol–water partition coefficient (Wildman–Crippen LogP) is 3.51. The standard InChI is InChI=1S/C41H49N7O4/c1-3-37(49)44-35(41(52)47-22-20-46(21-23-47)28-31-10-6-5-7-11-31)24-29-14-16-30(17-15-29)27-42-40(51)38(34-25-32-12-8-9-13-33(32)26-34)45-39(50)36-18-19-43-48(36)4-2/h5-19,34-35,38H,3-4,20-28H2,1-2H3,(H,42,51)(H,44,49)(H,45,50)/t35-,38?/m1/s1. The van der Waals surface area contributed by atoms with E-state index in [4.69, 9.17) is 0 Å². The molecule has 1 saturated heterocycles. The number of aryl methyl sites for hydroxylation is 1. The molecule has 2 heterocycles. The number of carbonyl (C=O) groups is 4. The van der Waals surface area contributed by atoms with Crippen LogP contribution < -0.4 is 16.0 Å². The van der Waals surface area contributed by atoms with Crippen LogP contribution in [-0.2, 0) is 53.3 Å². The largest absolute Gasteiger partial charge is 0.350 e. The molecule has 2 atom stereocenters. The van der Waals surface area contributed by atoms with E-state index in [0.717, 1.165) is 30.8 Å². The Morgan fingerprint density at radius 1 is 0.769 bits per heavy atom. The summed E-state index contributed by atoms with van der Waals surface area (Å²) in [6.45, 7) is 8.14. The van der Waals surface area contributed by atoms with Crippen LogP contribution in [-0.4, -0.2) is 81.5 Å². The van der Waals surface area contributed by atoms with Gasteiger partial charge in [0, 0.05) is 64.9 Å². The van der Waals surface area contributed by atoms with E-state index in [1.165, 1.54) is 16.7 Å². The molecule has 3 N–H and O–H groups in total. The molecular weight excluding hydrogens is 654 g/mol. The topological polar surface area (TPSA) is 129 Å². The minimum Gasteiger partial charge on any atom is -0.350 e. The first kappa shape index (κ1) is 36.5. The summed E-state index contributed by atoms with van der Waals surface area (Å²) in [5.41, 5.74) is 5.87. The average molecular weight is 704 g/mol. The van der Waals surface area contributed by atoms with Crippen molar-refractivity contribution in [2.45, 2.75) is 71.2 Å². The zero-order valence-corrected chi connectivity index (χ0v) is 30.1. The van der Waals surface area contributed by atoms with Crippen molar-refractivity contribution in [3.05, 3.63) is 125 Å². The third-order valence-electron chi connectivity index (χ3n) is 10.2. The van der Waals surface area contributed by atoms with Crippen LogP contribution in [0.4, 0.5) is 0 Å². The maximum absolute atomic E-state index is 13.8. The highest BCUT2D eigenvalue weighted by Gasteiger charge is 2.35. The lowest BCUT2D eigenvalue weighted by atomic mass is 9.95. The Balaban J connectivity index is 1.06. The van der Waals surface area contributed by atoms with Gasteiger partial charge in [0.15, 0.2) is 0 Å². The lowest BCUT2D eigenvalue weighted by molar-refractivity contribution is -0.138. The van der Waals surface area contributed by atoms with Gasteiger partial charge in [0.2, 0.25) is 17.7 Å². The molecule has 1 aromatic heterocycles. The molecule has 0 spiro atoms. The highest BCUT2D eigenvalue weighted by Crippen LogP contribution is 2.29. The number of fused-ring (bicyclic) bond motifs is 1. The van der Waals surface area contributed by atoms with E-state index >= 15 is 0 Å². The zero-order chi connectivity index (χ0) is 36.5. The van der Waals surface area contributed by atoms with Gasteiger partial charge in [-0.2, -0.15) is 5.10 Å². The van der Waals surface area contributed by atoms with Crippen molar-refractivity contribution >= 4 is 23.6 Å². The number of hydrogen-bond acceptors (Lipinski definition) is 6. The van der Waals surface area contributed by atoms with Gasteiger partial charge in [-0.25, -0.2) is 0 Å². The van der Waals surface area contributed by atoms with Gasteiger partial charge in [-0.05, 0) is 59.6 Å².